The van der Waals surface area contributed by atoms with Crippen molar-refractivity contribution in [1.82, 2.24) is 0 Å². The molecule has 6 nitrogen and oxygen atoms in total. The van der Waals surface area contributed by atoms with Crippen LogP contribution in [0, 0.1) is 0 Å². The van der Waals surface area contributed by atoms with Crippen LogP contribution in [-0.4, -0.2) is 30.9 Å². The van der Waals surface area contributed by atoms with Crippen molar-refractivity contribution in [2.24, 2.45) is 5.73 Å². The van der Waals surface area contributed by atoms with Crippen LogP contribution in [0.2, 0.25) is 0 Å². The van der Waals surface area contributed by atoms with Crippen molar-refractivity contribution >= 4 is 10.4 Å². The fourth-order valence-electron chi connectivity index (χ4n) is 1.75. The normalized spacial score (nSPS) is 12.6. The lowest BCUT2D eigenvalue weighted by molar-refractivity contribution is 0.178. The smallest absolute Gasteiger partial charge is 0.379 e. The Morgan fingerprint density at radius 2 is 1.27 bits per heavy atom. The summed E-state index contributed by atoms with van der Waals surface area (Å²) in [6, 6.07) is 0. The Hall–Kier alpha value is -0.210. The van der Waals surface area contributed by atoms with Crippen LogP contribution in [0.25, 0.3) is 0 Å². The molecule has 0 aliphatic heterocycles. The van der Waals surface area contributed by atoms with Gasteiger partial charge in [0.1, 0.15) is 6.23 Å². The Labute approximate surface area is 136 Å². The van der Waals surface area contributed by atoms with E-state index < -0.39 is 16.6 Å². The molecule has 0 rings (SSSR count). The second-order valence-electron chi connectivity index (χ2n) is 5.41. The van der Waals surface area contributed by atoms with Crippen LogP contribution < -0.4 is 5.73 Å². The van der Waals surface area contributed by atoms with Gasteiger partial charge in [-0.1, -0.05) is 71.6 Å². The molecule has 136 valence electrons. The molecule has 0 aliphatic rings. The third kappa shape index (κ3) is 28.0. The molecule has 1 atom stereocenters. The Balaban J connectivity index is 0. The van der Waals surface area contributed by atoms with Gasteiger partial charge in [0.15, 0.2) is 0 Å². The summed E-state index contributed by atoms with van der Waals surface area (Å²) in [5.74, 6) is 0. The number of aliphatic hydroxyl groups excluding tert-OH is 1. The maximum absolute atomic E-state index is 10.2. The summed E-state index contributed by atoms with van der Waals surface area (Å²) >= 11 is 0. The van der Waals surface area contributed by atoms with Crippen LogP contribution >= 0.6 is 0 Å². The molecule has 0 spiro atoms. The molecule has 0 aromatic carbocycles. The van der Waals surface area contributed by atoms with E-state index in [4.69, 9.17) is 15.4 Å². The van der Waals surface area contributed by atoms with E-state index in [1.807, 2.05) is 6.92 Å². The standard InChI is InChI=1S/C12H26O4S.C3H9NO/c1-2-3-4-5-6-7-8-9-10-11-12-16-17(13,14)15;1-2-3(4)5/h2-12H2,1H3,(H,13,14,15);3,5H,2,4H2,1H3. The average Bonchev–Trinajstić information content (AvgIpc) is 2.44. The number of hydrogen-bond donors (Lipinski definition) is 3. The predicted molar refractivity (Wildman–Crippen MR) is 89.8 cm³/mol. The molecule has 0 aromatic heterocycles. The minimum atomic E-state index is -4.23. The van der Waals surface area contributed by atoms with Crippen molar-refractivity contribution in [2.75, 3.05) is 6.61 Å². The van der Waals surface area contributed by atoms with Crippen molar-refractivity contribution in [3.63, 3.8) is 0 Å². The summed E-state index contributed by atoms with van der Waals surface area (Å²) in [5.41, 5.74) is 4.85. The summed E-state index contributed by atoms with van der Waals surface area (Å²) in [6.07, 6.45) is 11.9. The van der Waals surface area contributed by atoms with Crippen LogP contribution in [0.15, 0.2) is 0 Å². The lowest BCUT2D eigenvalue weighted by Gasteiger charge is -2.02. The highest BCUT2D eigenvalue weighted by molar-refractivity contribution is 7.80. The van der Waals surface area contributed by atoms with Gasteiger partial charge < -0.3 is 10.8 Å². The van der Waals surface area contributed by atoms with Crippen molar-refractivity contribution in [3.05, 3.63) is 0 Å². The Morgan fingerprint density at radius 3 is 1.59 bits per heavy atom. The first kappa shape index (κ1) is 24.0. The zero-order valence-corrected chi connectivity index (χ0v) is 15.0. The average molecular weight is 342 g/mol. The summed E-state index contributed by atoms with van der Waals surface area (Å²) in [7, 11) is -4.23. The Kier molecular flexibility index (Phi) is 18.7. The van der Waals surface area contributed by atoms with Crippen molar-refractivity contribution in [1.29, 1.82) is 0 Å². The van der Waals surface area contributed by atoms with Crippen LogP contribution in [0.1, 0.15) is 84.5 Å². The predicted octanol–water partition coefficient (Wildman–Crippen LogP) is 3.40. The first-order valence-electron chi connectivity index (χ1n) is 8.39. The van der Waals surface area contributed by atoms with E-state index in [9.17, 15) is 8.42 Å². The number of unbranched alkanes of at least 4 members (excludes halogenated alkanes) is 9. The van der Waals surface area contributed by atoms with Gasteiger partial charge in [0.2, 0.25) is 0 Å². The van der Waals surface area contributed by atoms with Gasteiger partial charge in [-0.2, -0.15) is 8.42 Å². The zero-order chi connectivity index (χ0) is 17.3. The van der Waals surface area contributed by atoms with E-state index >= 15 is 0 Å². The van der Waals surface area contributed by atoms with Gasteiger partial charge in [-0.05, 0) is 12.8 Å². The molecule has 7 heteroatoms. The fraction of sp³-hybridized carbons (Fsp3) is 1.00. The van der Waals surface area contributed by atoms with Gasteiger partial charge >= 0.3 is 10.4 Å². The topological polar surface area (TPSA) is 110 Å². The summed E-state index contributed by atoms with van der Waals surface area (Å²) < 4.78 is 33.0. The lowest BCUT2D eigenvalue weighted by Crippen LogP contribution is -2.16. The Morgan fingerprint density at radius 1 is 0.909 bits per heavy atom. The molecule has 22 heavy (non-hydrogen) atoms. The van der Waals surface area contributed by atoms with Gasteiger partial charge in [-0.15, -0.1) is 0 Å². The molecule has 0 radical (unpaired) electrons. The monoisotopic (exact) mass is 341 g/mol. The van der Waals surface area contributed by atoms with E-state index in [1.54, 1.807) is 0 Å². The molecule has 1 unspecified atom stereocenters. The lowest BCUT2D eigenvalue weighted by atomic mass is 10.1. The van der Waals surface area contributed by atoms with Crippen molar-refractivity contribution in [2.45, 2.75) is 90.7 Å². The third-order valence-corrected chi connectivity index (χ3v) is 3.61. The van der Waals surface area contributed by atoms with Gasteiger partial charge in [-0.25, -0.2) is 4.18 Å². The maximum atomic E-state index is 10.2. The van der Waals surface area contributed by atoms with Gasteiger partial charge in [0.05, 0.1) is 6.61 Å². The van der Waals surface area contributed by atoms with Gasteiger partial charge in [0, 0.05) is 0 Å². The van der Waals surface area contributed by atoms with E-state index in [-0.39, 0.29) is 6.61 Å². The SMILES string of the molecule is CCC(N)O.CCCCCCCCCCCCOS(=O)(=O)O. The van der Waals surface area contributed by atoms with Crippen molar-refractivity contribution < 1.29 is 22.3 Å². The van der Waals surface area contributed by atoms with Crippen LogP contribution in [0.5, 0.6) is 0 Å². The summed E-state index contributed by atoms with van der Waals surface area (Å²) in [4.78, 5) is 0. The second-order valence-corrected chi connectivity index (χ2v) is 6.50. The molecule has 0 heterocycles. The van der Waals surface area contributed by atoms with Crippen LogP contribution in [-0.2, 0) is 14.6 Å². The number of hydrogen-bond acceptors (Lipinski definition) is 5. The molecule has 0 aliphatic carbocycles. The summed E-state index contributed by atoms with van der Waals surface area (Å²) in [5, 5.41) is 8.14. The molecule has 0 fully saturated rings. The number of aliphatic hydroxyl groups is 1. The van der Waals surface area contributed by atoms with Crippen LogP contribution in [0.4, 0.5) is 0 Å². The molecule has 0 aromatic rings. The molecule has 4 N–H and O–H groups in total. The molecular weight excluding hydrogens is 306 g/mol. The minimum absolute atomic E-state index is 0.0926. The molecule has 0 bridgehead atoms. The van der Waals surface area contributed by atoms with E-state index in [0.29, 0.717) is 12.8 Å². The molecule has 0 saturated carbocycles. The largest absolute Gasteiger partial charge is 0.397 e. The van der Waals surface area contributed by atoms with Crippen LogP contribution in [0.3, 0.4) is 0 Å². The highest BCUT2D eigenvalue weighted by Gasteiger charge is 2.02. The third-order valence-electron chi connectivity index (χ3n) is 3.15. The van der Waals surface area contributed by atoms with E-state index in [0.717, 1.165) is 12.8 Å². The molecular formula is C15H35NO5S. The second kappa shape index (κ2) is 17.1. The quantitative estimate of drug-likeness (QED) is 0.269. The minimum Gasteiger partial charge on any atom is -0.379 e. The highest BCUT2D eigenvalue weighted by atomic mass is 32.3. The number of nitrogens with two attached hydrogens (primary N) is 1. The summed E-state index contributed by atoms with van der Waals surface area (Å²) in [6.45, 7) is 4.13. The maximum Gasteiger partial charge on any atom is 0.397 e. The zero-order valence-electron chi connectivity index (χ0n) is 14.2. The van der Waals surface area contributed by atoms with Gasteiger partial charge in [0.25, 0.3) is 0 Å². The van der Waals surface area contributed by atoms with E-state index in [2.05, 4.69) is 11.1 Å². The molecule has 0 amide bonds. The first-order valence-corrected chi connectivity index (χ1v) is 9.75. The van der Waals surface area contributed by atoms with Crippen molar-refractivity contribution in [3.8, 4) is 0 Å². The fourth-order valence-corrected chi connectivity index (χ4v) is 2.08. The number of rotatable bonds is 13. The first-order chi connectivity index (χ1) is 10.3. The van der Waals surface area contributed by atoms with E-state index in [1.165, 1.54) is 44.9 Å². The Bertz CT molecular complexity index is 307. The van der Waals surface area contributed by atoms with Gasteiger partial charge in [-0.3, -0.25) is 4.55 Å². The highest BCUT2D eigenvalue weighted by Crippen LogP contribution is 2.10. The molecule has 0 saturated heterocycles.